The van der Waals surface area contributed by atoms with Crippen molar-refractivity contribution in [2.24, 2.45) is 0 Å². The van der Waals surface area contributed by atoms with Crippen molar-refractivity contribution >= 4 is 38.6 Å². The first kappa shape index (κ1) is 12.9. The van der Waals surface area contributed by atoms with Crippen molar-refractivity contribution < 1.29 is 4.79 Å². The number of hydrogen-bond acceptors (Lipinski definition) is 2. The molecule has 20 heavy (non-hydrogen) atoms. The van der Waals surface area contributed by atoms with Gasteiger partial charge < -0.3 is 9.88 Å². The molecule has 3 rings (SSSR count). The molecule has 0 bridgehead atoms. The van der Waals surface area contributed by atoms with Gasteiger partial charge >= 0.3 is 0 Å². The molecule has 0 unspecified atom stereocenters. The van der Waals surface area contributed by atoms with Crippen LogP contribution in [0.5, 0.6) is 0 Å². The van der Waals surface area contributed by atoms with Crippen molar-refractivity contribution in [2.75, 3.05) is 5.32 Å². The number of aromatic nitrogens is 2. The van der Waals surface area contributed by atoms with Gasteiger partial charge in [0.1, 0.15) is 12.4 Å². The molecule has 0 saturated carbocycles. The molecule has 0 radical (unpaired) electrons. The largest absolute Gasteiger partial charge is 0.338 e. The predicted molar refractivity (Wildman–Crippen MR) is 82.5 cm³/mol. The van der Waals surface area contributed by atoms with Gasteiger partial charge in [0, 0.05) is 27.8 Å². The van der Waals surface area contributed by atoms with Crippen molar-refractivity contribution in [3.63, 3.8) is 0 Å². The van der Waals surface area contributed by atoms with Gasteiger partial charge in [-0.1, -0.05) is 22.0 Å². The highest BCUT2D eigenvalue weighted by molar-refractivity contribution is 9.10. The summed E-state index contributed by atoms with van der Waals surface area (Å²) in [6.45, 7) is 0.266. The molecule has 0 aliphatic carbocycles. The molecule has 0 spiro atoms. The summed E-state index contributed by atoms with van der Waals surface area (Å²) >= 11 is 3.44. The van der Waals surface area contributed by atoms with Gasteiger partial charge in [-0.25, -0.2) is 4.98 Å². The number of pyridine rings is 1. The maximum absolute atomic E-state index is 12.0. The third-order valence-corrected chi connectivity index (χ3v) is 3.47. The lowest BCUT2D eigenvalue weighted by molar-refractivity contribution is -0.116. The van der Waals surface area contributed by atoms with Crippen LogP contribution in [0, 0.1) is 0 Å². The van der Waals surface area contributed by atoms with Gasteiger partial charge in [0.25, 0.3) is 0 Å². The number of fused-ring (bicyclic) bond motifs is 1. The second-order valence-electron chi connectivity index (χ2n) is 4.41. The number of hydrogen-bond donors (Lipinski definition) is 1. The molecule has 3 aromatic rings. The third kappa shape index (κ3) is 2.72. The maximum Gasteiger partial charge on any atom is 0.245 e. The van der Waals surface area contributed by atoms with Crippen molar-refractivity contribution in [3.8, 4) is 0 Å². The monoisotopic (exact) mass is 329 g/mol. The third-order valence-electron chi connectivity index (χ3n) is 2.98. The van der Waals surface area contributed by atoms with Crippen LogP contribution in [0.2, 0.25) is 0 Å². The van der Waals surface area contributed by atoms with E-state index in [-0.39, 0.29) is 12.5 Å². The first-order valence-electron chi connectivity index (χ1n) is 6.18. The van der Waals surface area contributed by atoms with E-state index in [1.165, 1.54) is 0 Å². The quantitative estimate of drug-likeness (QED) is 0.800. The van der Waals surface area contributed by atoms with Gasteiger partial charge in [-0.3, -0.25) is 4.79 Å². The SMILES string of the molecule is O=C(Cn1ccc2cc(Br)ccc21)Nc1ccccn1. The number of rotatable bonds is 3. The van der Waals surface area contributed by atoms with E-state index in [1.807, 2.05) is 47.2 Å². The van der Waals surface area contributed by atoms with Crippen molar-refractivity contribution in [2.45, 2.75) is 6.54 Å². The summed E-state index contributed by atoms with van der Waals surface area (Å²) in [5.41, 5.74) is 1.03. The Bertz CT molecular complexity index is 752. The van der Waals surface area contributed by atoms with Crippen LogP contribution in [-0.4, -0.2) is 15.5 Å². The van der Waals surface area contributed by atoms with Gasteiger partial charge in [-0.2, -0.15) is 0 Å². The Morgan fingerprint density at radius 2 is 2.15 bits per heavy atom. The normalized spacial score (nSPS) is 10.7. The Morgan fingerprint density at radius 1 is 1.25 bits per heavy atom. The predicted octanol–water partition coefficient (Wildman–Crippen LogP) is 3.44. The molecule has 0 atom stereocenters. The number of carbonyl (C=O) groups excluding carboxylic acids is 1. The average molecular weight is 330 g/mol. The fraction of sp³-hybridized carbons (Fsp3) is 0.0667. The molecule has 0 fully saturated rings. The lowest BCUT2D eigenvalue weighted by Crippen LogP contribution is -2.18. The molecule has 0 aliphatic heterocycles. The minimum absolute atomic E-state index is 0.0934. The fourth-order valence-corrected chi connectivity index (χ4v) is 2.46. The Labute approximate surface area is 124 Å². The molecule has 4 nitrogen and oxygen atoms in total. The first-order valence-corrected chi connectivity index (χ1v) is 6.97. The van der Waals surface area contributed by atoms with Crippen LogP contribution in [0.1, 0.15) is 0 Å². The van der Waals surface area contributed by atoms with Crippen LogP contribution in [0.3, 0.4) is 0 Å². The Balaban J connectivity index is 1.78. The van der Waals surface area contributed by atoms with Crippen LogP contribution < -0.4 is 5.32 Å². The number of halogens is 1. The summed E-state index contributed by atoms with van der Waals surface area (Å²) in [6, 6.07) is 13.4. The number of benzene rings is 1. The van der Waals surface area contributed by atoms with Crippen molar-refractivity contribution in [3.05, 3.63) is 59.3 Å². The summed E-state index contributed by atoms with van der Waals surface area (Å²) in [4.78, 5) is 16.1. The lowest BCUT2D eigenvalue weighted by atomic mass is 10.2. The number of nitrogens with zero attached hydrogens (tertiary/aromatic N) is 2. The van der Waals surface area contributed by atoms with E-state index in [1.54, 1.807) is 12.3 Å². The van der Waals surface area contributed by atoms with Crippen LogP contribution in [0.4, 0.5) is 5.82 Å². The van der Waals surface area contributed by atoms with Crippen LogP contribution in [0.15, 0.2) is 59.3 Å². The summed E-state index contributed by atoms with van der Waals surface area (Å²) in [7, 11) is 0. The molecular weight excluding hydrogens is 318 g/mol. The van der Waals surface area contributed by atoms with E-state index < -0.39 is 0 Å². The molecular formula is C15H12BrN3O. The Morgan fingerprint density at radius 3 is 2.95 bits per heavy atom. The van der Waals surface area contributed by atoms with Crippen molar-refractivity contribution in [1.82, 2.24) is 9.55 Å². The first-order chi connectivity index (χ1) is 9.72. The second kappa shape index (κ2) is 5.46. The Hall–Kier alpha value is -2.14. The Kier molecular flexibility index (Phi) is 3.52. The molecule has 2 heterocycles. The summed E-state index contributed by atoms with van der Waals surface area (Å²) in [6.07, 6.45) is 3.56. The molecule has 100 valence electrons. The van der Waals surface area contributed by atoms with Crippen LogP contribution >= 0.6 is 15.9 Å². The van der Waals surface area contributed by atoms with E-state index in [2.05, 4.69) is 26.2 Å². The minimum atomic E-state index is -0.0934. The molecule has 0 saturated heterocycles. The molecule has 1 amide bonds. The number of nitrogens with one attached hydrogen (secondary N) is 1. The average Bonchev–Trinajstić information content (AvgIpc) is 2.82. The van der Waals surface area contributed by atoms with Crippen LogP contribution in [-0.2, 0) is 11.3 Å². The van der Waals surface area contributed by atoms with E-state index in [9.17, 15) is 4.79 Å². The number of carbonyl (C=O) groups is 1. The highest BCUT2D eigenvalue weighted by atomic mass is 79.9. The maximum atomic E-state index is 12.0. The highest BCUT2D eigenvalue weighted by Crippen LogP contribution is 2.20. The molecule has 1 aromatic carbocycles. The zero-order chi connectivity index (χ0) is 13.9. The van der Waals surface area contributed by atoms with E-state index in [0.717, 1.165) is 15.4 Å². The van der Waals surface area contributed by atoms with Gasteiger partial charge in [0.15, 0.2) is 0 Å². The van der Waals surface area contributed by atoms with E-state index in [4.69, 9.17) is 0 Å². The topological polar surface area (TPSA) is 46.9 Å². The van der Waals surface area contributed by atoms with Gasteiger partial charge in [-0.05, 0) is 36.4 Å². The lowest BCUT2D eigenvalue weighted by Gasteiger charge is -2.06. The van der Waals surface area contributed by atoms with Crippen LogP contribution in [0.25, 0.3) is 10.9 Å². The van der Waals surface area contributed by atoms with Gasteiger partial charge in [-0.15, -0.1) is 0 Å². The second-order valence-corrected chi connectivity index (χ2v) is 5.33. The molecule has 1 N–H and O–H groups in total. The highest BCUT2D eigenvalue weighted by Gasteiger charge is 2.07. The summed E-state index contributed by atoms with van der Waals surface area (Å²) < 4.78 is 2.95. The fourth-order valence-electron chi connectivity index (χ4n) is 2.08. The zero-order valence-electron chi connectivity index (χ0n) is 10.6. The summed E-state index contributed by atoms with van der Waals surface area (Å²) in [5, 5.41) is 3.88. The standard InChI is InChI=1S/C15H12BrN3O/c16-12-4-5-13-11(9-12)6-8-19(13)10-15(20)18-14-3-1-2-7-17-14/h1-9H,10H2,(H,17,18,20). The molecule has 5 heteroatoms. The van der Waals surface area contributed by atoms with Gasteiger partial charge in [0.05, 0.1) is 0 Å². The van der Waals surface area contributed by atoms with Crippen molar-refractivity contribution in [1.29, 1.82) is 0 Å². The minimum Gasteiger partial charge on any atom is -0.338 e. The van der Waals surface area contributed by atoms with Gasteiger partial charge in [0.2, 0.25) is 5.91 Å². The molecule has 0 aliphatic rings. The number of amides is 1. The van der Waals surface area contributed by atoms with E-state index >= 15 is 0 Å². The smallest absolute Gasteiger partial charge is 0.245 e. The molecule has 2 aromatic heterocycles. The zero-order valence-corrected chi connectivity index (χ0v) is 12.2. The van der Waals surface area contributed by atoms with E-state index in [0.29, 0.717) is 5.82 Å². The number of anilines is 1. The summed E-state index contributed by atoms with van der Waals surface area (Å²) in [5.74, 6) is 0.473.